The summed E-state index contributed by atoms with van der Waals surface area (Å²) in [7, 11) is -3.56. The fraction of sp³-hybridized carbons (Fsp3) is 0.462. The maximum atomic E-state index is 12.7. The first-order valence-electron chi connectivity index (χ1n) is 6.76. The van der Waals surface area contributed by atoms with Gasteiger partial charge in [0.1, 0.15) is 0 Å². The van der Waals surface area contributed by atoms with E-state index in [-0.39, 0.29) is 23.3 Å². The maximum Gasteiger partial charge on any atom is 0.244 e. The van der Waals surface area contributed by atoms with Gasteiger partial charge in [-0.05, 0) is 46.5 Å². The zero-order valence-corrected chi connectivity index (χ0v) is 13.7. The third kappa shape index (κ3) is 2.73. The third-order valence-electron chi connectivity index (χ3n) is 3.90. The maximum absolute atomic E-state index is 12.7. The Kier molecular flexibility index (Phi) is 3.81. The van der Waals surface area contributed by atoms with Crippen molar-refractivity contribution in [1.82, 2.24) is 4.31 Å². The molecule has 0 saturated carbocycles. The van der Waals surface area contributed by atoms with Gasteiger partial charge in [0.15, 0.2) is 0 Å². The number of benzene rings is 1. The predicted molar refractivity (Wildman–Crippen MR) is 82.4 cm³/mol. The highest BCUT2D eigenvalue weighted by Gasteiger charge is 2.31. The van der Waals surface area contributed by atoms with Gasteiger partial charge < -0.3 is 11.1 Å². The molecule has 0 spiro atoms. The number of rotatable bonds is 2. The second-order valence-electron chi connectivity index (χ2n) is 5.41. The summed E-state index contributed by atoms with van der Waals surface area (Å²) in [5.41, 5.74) is 7.21. The largest absolute Gasteiger partial charge is 0.328 e. The first-order chi connectivity index (χ1) is 9.88. The summed E-state index contributed by atoms with van der Waals surface area (Å²) >= 11 is 3.30. The van der Waals surface area contributed by atoms with Crippen molar-refractivity contribution in [2.24, 2.45) is 5.73 Å². The molecule has 8 heteroatoms. The number of anilines is 1. The summed E-state index contributed by atoms with van der Waals surface area (Å²) in [6.45, 7) is 0.869. The van der Waals surface area contributed by atoms with Crippen LogP contribution in [0.4, 0.5) is 5.69 Å². The number of hydrogen-bond acceptors (Lipinski definition) is 4. The number of piperidine rings is 1. The van der Waals surface area contributed by atoms with E-state index in [4.69, 9.17) is 5.73 Å². The number of fused-ring (bicyclic) bond motifs is 1. The molecule has 2 aliphatic heterocycles. The average Bonchev–Trinajstić information content (AvgIpc) is 2.77. The molecular formula is C13H16BrN3O3S. The molecule has 1 aromatic rings. The van der Waals surface area contributed by atoms with Crippen LogP contribution in [-0.4, -0.2) is 37.8 Å². The van der Waals surface area contributed by atoms with Crippen molar-refractivity contribution in [3.63, 3.8) is 0 Å². The van der Waals surface area contributed by atoms with Gasteiger partial charge in [0.2, 0.25) is 15.9 Å². The van der Waals surface area contributed by atoms with Gasteiger partial charge in [-0.2, -0.15) is 4.31 Å². The molecule has 3 rings (SSSR count). The molecule has 0 unspecified atom stereocenters. The second-order valence-corrected chi connectivity index (χ2v) is 8.17. The molecule has 2 aliphatic rings. The molecule has 6 nitrogen and oxygen atoms in total. The van der Waals surface area contributed by atoms with E-state index in [2.05, 4.69) is 21.2 Å². The lowest BCUT2D eigenvalue weighted by Crippen LogP contribution is -2.42. The van der Waals surface area contributed by atoms with E-state index in [1.54, 1.807) is 12.1 Å². The SMILES string of the molecule is NC1CCN(S(=O)(=O)c2cc3c(cc2Br)NC(=O)C3)CC1. The summed E-state index contributed by atoms with van der Waals surface area (Å²) in [6, 6.07) is 3.31. The summed E-state index contributed by atoms with van der Waals surface area (Å²) < 4.78 is 27.4. The Morgan fingerprint density at radius 3 is 2.62 bits per heavy atom. The lowest BCUT2D eigenvalue weighted by Gasteiger charge is -2.29. The first-order valence-corrected chi connectivity index (χ1v) is 8.99. The van der Waals surface area contributed by atoms with Crippen LogP contribution in [-0.2, 0) is 21.2 Å². The number of halogens is 1. The number of amides is 1. The lowest BCUT2D eigenvalue weighted by atomic mass is 10.1. The number of sulfonamides is 1. The second kappa shape index (κ2) is 5.35. The summed E-state index contributed by atoms with van der Waals surface area (Å²) in [5.74, 6) is -0.115. The van der Waals surface area contributed by atoms with Crippen molar-refractivity contribution in [3.05, 3.63) is 22.2 Å². The molecule has 0 bridgehead atoms. The molecule has 114 valence electrons. The zero-order valence-electron chi connectivity index (χ0n) is 11.3. The Morgan fingerprint density at radius 2 is 1.95 bits per heavy atom. The van der Waals surface area contributed by atoms with Gasteiger partial charge in [0.25, 0.3) is 0 Å². The van der Waals surface area contributed by atoms with E-state index in [0.717, 1.165) is 5.56 Å². The lowest BCUT2D eigenvalue weighted by molar-refractivity contribution is -0.115. The summed E-state index contributed by atoms with van der Waals surface area (Å²) in [6.07, 6.45) is 1.56. The van der Waals surface area contributed by atoms with E-state index in [0.29, 0.717) is 36.1 Å². The number of hydrogen-bond donors (Lipinski definition) is 2. The minimum atomic E-state index is -3.56. The topological polar surface area (TPSA) is 92.5 Å². The van der Waals surface area contributed by atoms with Crippen molar-refractivity contribution in [2.45, 2.75) is 30.2 Å². The van der Waals surface area contributed by atoms with Crippen molar-refractivity contribution in [3.8, 4) is 0 Å². The van der Waals surface area contributed by atoms with Gasteiger partial charge >= 0.3 is 0 Å². The molecule has 0 radical (unpaired) electrons. The van der Waals surface area contributed by atoms with Crippen LogP contribution in [0.1, 0.15) is 18.4 Å². The highest BCUT2D eigenvalue weighted by Crippen LogP contribution is 2.34. The van der Waals surface area contributed by atoms with Gasteiger partial charge in [-0.3, -0.25) is 4.79 Å². The van der Waals surface area contributed by atoms with Crippen molar-refractivity contribution in [2.75, 3.05) is 18.4 Å². The molecule has 1 amide bonds. The van der Waals surface area contributed by atoms with Gasteiger partial charge in [0, 0.05) is 29.3 Å². The molecular weight excluding hydrogens is 358 g/mol. The van der Waals surface area contributed by atoms with Crippen LogP contribution in [0.3, 0.4) is 0 Å². The highest BCUT2D eigenvalue weighted by atomic mass is 79.9. The van der Waals surface area contributed by atoms with Crippen LogP contribution in [0.5, 0.6) is 0 Å². The third-order valence-corrected chi connectivity index (χ3v) is 6.76. The Labute approximate surface area is 131 Å². The standard InChI is InChI=1S/C13H16BrN3O3S/c14-10-7-11-8(6-13(18)16-11)5-12(10)21(19,20)17-3-1-9(15)2-4-17/h5,7,9H,1-4,6,15H2,(H,16,18). The molecule has 21 heavy (non-hydrogen) atoms. The van der Waals surface area contributed by atoms with E-state index < -0.39 is 10.0 Å². The van der Waals surface area contributed by atoms with Crippen LogP contribution in [0.15, 0.2) is 21.5 Å². The van der Waals surface area contributed by atoms with E-state index >= 15 is 0 Å². The minimum Gasteiger partial charge on any atom is -0.328 e. The molecule has 1 saturated heterocycles. The van der Waals surface area contributed by atoms with Crippen LogP contribution in [0.25, 0.3) is 0 Å². The van der Waals surface area contributed by atoms with E-state index in [1.165, 1.54) is 4.31 Å². The van der Waals surface area contributed by atoms with Crippen molar-refractivity contribution in [1.29, 1.82) is 0 Å². The van der Waals surface area contributed by atoms with Crippen molar-refractivity contribution < 1.29 is 13.2 Å². The van der Waals surface area contributed by atoms with Crippen LogP contribution < -0.4 is 11.1 Å². The predicted octanol–water partition coefficient (Wildman–Crippen LogP) is 1.06. The van der Waals surface area contributed by atoms with E-state index in [1.807, 2.05) is 0 Å². The molecule has 2 heterocycles. The van der Waals surface area contributed by atoms with Gasteiger partial charge in [-0.15, -0.1) is 0 Å². The fourth-order valence-electron chi connectivity index (χ4n) is 2.68. The fourth-order valence-corrected chi connectivity index (χ4v) is 5.20. The molecule has 1 fully saturated rings. The minimum absolute atomic E-state index is 0.0710. The van der Waals surface area contributed by atoms with E-state index in [9.17, 15) is 13.2 Å². The molecule has 1 aromatic carbocycles. The highest BCUT2D eigenvalue weighted by molar-refractivity contribution is 9.10. The number of nitrogens with one attached hydrogen (secondary N) is 1. The van der Waals surface area contributed by atoms with Crippen LogP contribution >= 0.6 is 15.9 Å². The molecule has 0 aromatic heterocycles. The number of carbonyl (C=O) groups excluding carboxylic acids is 1. The number of carbonyl (C=O) groups is 1. The summed E-state index contributed by atoms with van der Waals surface area (Å²) in [5, 5.41) is 2.71. The quantitative estimate of drug-likeness (QED) is 0.810. The van der Waals surface area contributed by atoms with Gasteiger partial charge in [-0.1, -0.05) is 0 Å². The Hall–Kier alpha value is -0.960. The monoisotopic (exact) mass is 373 g/mol. The zero-order chi connectivity index (χ0) is 15.2. The molecule has 0 aliphatic carbocycles. The van der Waals surface area contributed by atoms with Crippen molar-refractivity contribution >= 4 is 37.5 Å². The van der Waals surface area contributed by atoms with Crippen LogP contribution in [0, 0.1) is 0 Å². The number of nitrogens with zero attached hydrogens (tertiary/aromatic N) is 1. The molecule has 0 atom stereocenters. The smallest absolute Gasteiger partial charge is 0.244 e. The normalized spacial score (nSPS) is 20.4. The van der Waals surface area contributed by atoms with Gasteiger partial charge in [0.05, 0.1) is 11.3 Å². The van der Waals surface area contributed by atoms with Gasteiger partial charge in [-0.25, -0.2) is 8.42 Å². The van der Waals surface area contributed by atoms with Crippen LogP contribution in [0.2, 0.25) is 0 Å². The Morgan fingerprint density at radius 1 is 1.29 bits per heavy atom. The Balaban J connectivity index is 1.96. The molecule has 3 N–H and O–H groups in total. The first kappa shape index (κ1) is 15.0. The number of nitrogens with two attached hydrogens (primary N) is 1. The summed E-state index contributed by atoms with van der Waals surface area (Å²) in [4.78, 5) is 11.6. The Bertz CT molecular complexity index is 697. The average molecular weight is 374 g/mol.